The number of aryl methyl sites for hydroxylation is 1. The van der Waals surface area contributed by atoms with E-state index in [-0.39, 0.29) is 12.0 Å². The Labute approximate surface area is 153 Å². The Bertz CT molecular complexity index is 734. The molecule has 0 aliphatic carbocycles. The van der Waals surface area contributed by atoms with Crippen molar-refractivity contribution in [2.45, 2.75) is 45.6 Å². The molecular weight excluding hydrogens is 338 g/mol. The monoisotopic (exact) mass is 361 g/mol. The highest BCUT2D eigenvalue weighted by Crippen LogP contribution is 2.21. The smallest absolute Gasteiger partial charge is 0.255 e. The van der Waals surface area contributed by atoms with Crippen LogP contribution in [0.1, 0.15) is 47.9 Å². The van der Waals surface area contributed by atoms with Gasteiger partial charge in [-0.25, -0.2) is 4.68 Å². The maximum Gasteiger partial charge on any atom is 0.255 e. The van der Waals surface area contributed by atoms with Crippen molar-refractivity contribution in [2.75, 3.05) is 13.2 Å². The van der Waals surface area contributed by atoms with Gasteiger partial charge in [-0.3, -0.25) is 4.79 Å². The Hall–Kier alpha value is -1.85. The lowest BCUT2D eigenvalue weighted by molar-refractivity contribution is 0.0856. The molecular formula is C19H24ClN3O2. The van der Waals surface area contributed by atoms with E-state index in [1.807, 2.05) is 35.9 Å². The summed E-state index contributed by atoms with van der Waals surface area (Å²) in [5.74, 6) is -0.0725. The SMILES string of the molecule is CCCc1nn(-c2ccc(Cl)cc2)c(C)c1C(=O)NC[C@H]1CCCO1. The number of hydrogen-bond acceptors (Lipinski definition) is 3. The Morgan fingerprint density at radius 2 is 2.16 bits per heavy atom. The summed E-state index contributed by atoms with van der Waals surface area (Å²) in [6.45, 7) is 5.36. The van der Waals surface area contributed by atoms with Crippen LogP contribution in [0.2, 0.25) is 5.02 Å². The van der Waals surface area contributed by atoms with Crippen LogP contribution in [0, 0.1) is 6.92 Å². The number of amides is 1. The van der Waals surface area contributed by atoms with E-state index in [0.29, 0.717) is 17.1 Å². The maximum absolute atomic E-state index is 12.8. The fourth-order valence-electron chi connectivity index (χ4n) is 3.20. The van der Waals surface area contributed by atoms with Gasteiger partial charge in [0.15, 0.2) is 0 Å². The highest BCUT2D eigenvalue weighted by Gasteiger charge is 2.23. The molecule has 1 atom stereocenters. The van der Waals surface area contributed by atoms with Gasteiger partial charge in [0, 0.05) is 18.2 Å². The number of benzene rings is 1. The summed E-state index contributed by atoms with van der Waals surface area (Å²) in [6, 6.07) is 7.47. The zero-order valence-corrected chi connectivity index (χ0v) is 15.5. The first-order valence-electron chi connectivity index (χ1n) is 8.84. The molecule has 1 aliphatic heterocycles. The van der Waals surface area contributed by atoms with Crippen LogP contribution >= 0.6 is 11.6 Å². The Kier molecular flexibility index (Phi) is 5.76. The van der Waals surface area contributed by atoms with E-state index < -0.39 is 0 Å². The average molecular weight is 362 g/mol. The van der Waals surface area contributed by atoms with Gasteiger partial charge in [0.05, 0.1) is 28.7 Å². The molecule has 0 spiro atoms. The zero-order chi connectivity index (χ0) is 17.8. The molecule has 0 unspecified atom stereocenters. The summed E-state index contributed by atoms with van der Waals surface area (Å²) < 4.78 is 7.41. The predicted octanol–water partition coefficient (Wildman–Crippen LogP) is 3.70. The van der Waals surface area contributed by atoms with Crippen molar-refractivity contribution in [3.63, 3.8) is 0 Å². The van der Waals surface area contributed by atoms with Crippen LogP contribution < -0.4 is 5.32 Å². The van der Waals surface area contributed by atoms with E-state index in [1.165, 1.54) is 0 Å². The van der Waals surface area contributed by atoms with Gasteiger partial charge in [0.25, 0.3) is 5.91 Å². The molecule has 25 heavy (non-hydrogen) atoms. The molecule has 6 heteroatoms. The van der Waals surface area contributed by atoms with Crippen molar-refractivity contribution < 1.29 is 9.53 Å². The second-order valence-corrected chi connectivity index (χ2v) is 6.83. The molecule has 1 N–H and O–H groups in total. The Morgan fingerprint density at radius 1 is 1.40 bits per heavy atom. The normalized spacial score (nSPS) is 17.0. The molecule has 0 bridgehead atoms. The van der Waals surface area contributed by atoms with Crippen molar-refractivity contribution >= 4 is 17.5 Å². The minimum Gasteiger partial charge on any atom is -0.376 e. The molecule has 134 valence electrons. The van der Waals surface area contributed by atoms with Crippen LogP contribution in [0.5, 0.6) is 0 Å². The third-order valence-electron chi connectivity index (χ3n) is 4.49. The van der Waals surface area contributed by atoms with Gasteiger partial charge in [-0.2, -0.15) is 5.10 Å². The van der Waals surface area contributed by atoms with Crippen molar-refractivity contribution in [3.05, 3.63) is 46.2 Å². The highest BCUT2D eigenvalue weighted by molar-refractivity contribution is 6.30. The van der Waals surface area contributed by atoms with Gasteiger partial charge in [-0.05, 0) is 50.5 Å². The molecule has 0 saturated carbocycles. The van der Waals surface area contributed by atoms with Gasteiger partial charge in [-0.15, -0.1) is 0 Å². The number of ether oxygens (including phenoxy) is 1. The lowest BCUT2D eigenvalue weighted by atomic mass is 10.1. The van der Waals surface area contributed by atoms with Crippen LogP contribution in [-0.2, 0) is 11.2 Å². The number of rotatable bonds is 6. The summed E-state index contributed by atoms with van der Waals surface area (Å²) >= 11 is 5.97. The van der Waals surface area contributed by atoms with Gasteiger partial charge < -0.3 is 10.1 Å². The molecule has 1 fully saturated rings. The van der Waals surface area contributed by atoms with Crippen molar-refractivity contribution in [2.24, 2.45) is 0 Å². The number of carbonyl (C=O) groups excluding carboxylic acids is 1. The van der Waals surface area contributed by atoms with E-state index in [4.69, 9.17) is 16.3 Å². The lowest BCUT2D eigenvalue weighted by Crippen LogP contribution is -2.32. The minimum absolute atomic E-state index is 0.0725. The fourth-order valence-corrected chi connectivity index (χ4v) is 3.33. The summed E-state index contributed by atoms with van der Waals surface area (Å²) in [4.78, 5) is 12.8. The first-order chi connectivity index (χ1) is 12.1. The topological polar surface area (TPSA) is 56.2 Å². The Balaban J connectivity index is 1.85. The van der Waals surface area contributed by atoms with Crippen LogP contribution in [0.3, 0.4) is 0 Å². The number of halogens is 1. The van der Waals surface area contributed by atoms with E-state index >= 15 is 0 Å². The van der Waals surface area contributed by atoms with E-state index in [9.17, 15) is 4.79 Å². The molecule has 1 aromatic carbocycles. The summed E-state index contributed by atoms with van der Waals surface area (Å²) in [5, 5.41) is 8.38. The summed E-state index contributed by atoms with van der Waals surface area (Å²) in [7, 11) is 0. The second kappa shape index (κ2) is 8.02. The van der Waals surface area contributed by atoms with Crippen molar-refractivity contribution in [1.29, 1.82) is 0 Å². The molecule has 1 amide bonds. The minimum atomic E-state index is -0.0725. The van der Waals surface area contributed by atoms with Crippen molar-refractivity contribution in [3.8, 4) is 5.69 Å². The molecule has 3 rings (SSSR count). The number of hydrogen-bond donors (Lipinski definition) is 1. The fraction of sp³-hybridized carbons (Fsp3) is 0.474. The average Bonchev–Trinajstić information content (AvgIpc) is 3.22. The summed E-state index contributed by atoms with van der Waals surface area (Å²) in [5.41, 5.74) is 3.25. The van der Waals surface area contributed by atoms with Crippen LogP contribution in [-0.4, -0.2) is 34.9 Å². The third-order valence-corrected chi connectivity index (χ3v) is 4.74. The van der Waals surface area contributed by atoms with Crippen LogP contribution in [0.25, 0.3) is 5.69 Å². The predicted molar refractivity (Wildman–Crippen MR) is 98.6 cm³/mol. The van der Waals surface area contributed by atoms with Crippen molar-refractivity contribution in [1.82, 2.24) is 15.1 Å². The molecule has 1 aliphatic rings. The molecule has 5 nitrogen and oxygen atoms in total. The quantitative estimate of drug-likeness (QED) is 0.853. The highest BCUT2D eigenvalue weighted by atomic mass is 35.5. The first kappa shape index (κ1) is 18.0. The zero-order valence-electron chi connectivity index (χ0n) is 14.7. The third kappa shape index (κ3) is 4.05. The number of aromatic nitrogens is 2. The maximum atomic E-state index is 12.8. The van der Waals surface area contributed by atoms with Gasteiger partial charge in [0.2, 0.25) is 0 Å². The standard InChI is InChI=1S/C19H24ClN3O2/c1-3-5-17-18(19(24)21-12-16-6-4-11-25-16)13(2)23(22-17)15-9-7-14(20)8-10-15/h7-10,16H,3-6,11-12H2,1-2H3,(H,21,24)/t16-/m1/s1. The Morgan fingerprint density at radius 3 is 2.80 bits per heavy atom. The molecule has 1 aromatic heterocycles. The number of carbonyl (C=O) groups is 1. The van der Waals surface area contributed by atoms with Crippen LogP contribution in [0.15, 0.2) is 24.3 Å². The van der Waals surface area contributed by atoms with Crippen LogP contribution in [0.4, 0.5) is 0 Å². The molecule has 2 heterocycles. The van der Waals surface area contributed by atoms with Gasteiger partial charge in [0.1, 0.15) is 0 Å². The molecule has 0 radical (unpaired) electrons. The number of nitrogens with zero attached hydrogens (tertiary/aromatic N) is 2. The number of nitrogens with one attached hydrogen (secondary N) is 1. The molecule has 2 aromatic rings. The van der Waals surface area contributed by atoms with E-state index in [1.54, 1.807) is 0 Å². The summed E-state index contributed by atoms with van der Waals surface area (Å²) in [6.07, 6.45) is 3.90. The van der Waals surface area contributed by atoms with E-state index in [0.717, 1.165) is 49.4 Å². The lowest BCUT2D eigenvalue weighted by Gasteiger charge is -2.11. The first-order valence-corrected chi connectivity index (χ1v) is 9.22. The van der Waals surface area contributed by atoms with E-state index in [2.05, 4.69) is 17.3 Å². The second-order valence-electron chi connectivity index (χ2n) is 6.39. The largest absolute Gasteiger partial charge is 0.376 e. The molecule has 1 saturated heterocycles. The van der Waals surface area contributed by atoms with Gasteiger partial charge in [-0.1, -0.05) is 24.9 Å². The van der Waals surface area contributed by atoms with Gasteiger partial charge >= 0.3 is 0 Å².